The van der Waals surface area contributed by atoms with Gasteiger partial charge in [-0.3, -0.25) is 4.79 Å². The van der Waals surface area contributed by atoms with Crippen molar-refractivity contribution in [2.75, 3.05) is 27.2 Å². The first-order valence-electron chi connectivity index (χ1n) is 9.81. The maximum atomic E-state index is 13.0. The average molecular weight is 396 g/mol. The van der Waals surface area contributed by atoms with Gasteiger partial charge in [0.15, 0.2) is 0 Å². The molecule has 8 heteroatoms. The zero-order valence-corrected chi connectivity index (χ0v) is 17.8. The summed E-state index contributed by atoms with van der Waals surface area (Å²) in [4.78, 5) is 42.1. The Morgan fingerprint density at radius 2 is 1.82 bits per heavy atom. The lowest BCUT2D eigenvalue weighted by atomic mass is 9.85. The van der Waals surface area contributed by atoms with Gasteiger partial charge in [-0.1, -0.05) is 20.4 Å². The van der Waals surface area contributed by atoms with Crippen molar-refractivity contribution in [1.82, 2.24) is 14.7 Å². The van der Waals surface area contributed by atoms with E-state index in [9.17, 15) is 14.4 Å². The number of ether oxygens (including phenoxy) is 2. The van der Waals surface area contributed by atoms with Crippen molar-refractivity contribution >= 4 is 17.9 Å². The van der Waals surface area contributed by atoms with Crippen LogP contribution in [0.5, 0.6) is 0 Å². The number of carbonyl (C=O) groups excluding carboxylic acids is 3. The van der Waals surface area contributed by atoms with E-state index in [0.29, 0.717) is 25.9 Å². The number of nitrogens with zero attached hydrogens (tertiary/aromatic N) is 3. The summed E-state index contributed by atoms with van der Waals surface area (Å²) in [5.74, 6) is -0.623. The smallest absolute Gasteiger partial charge is 0.328 e. The van der Waals surface area contributed by atoms with Crippen LogP contribution in [0.2, 0.25) is 0 Å². The van der Waals surface area contributed by atoms with Crippen LogP contribution in [-0.4, -0.2) is 83.8 Å². The van der Waals surface area contributed by atoms with Crippen LogP contribution in [0.3, 0.4) is 0 Å². The number of hydrogen-bond acceptors (Lipinski definition) is 5. The quantitative estimate of drug-likeness (QED) is 0.536. The Morgan fingerprint density at radius 1 is 1.25 bits per heavy atom. The number of methoxy groups -OCH3 is 1. The molecule has 28 heavy (non-hydrogen) atoms. The fraction of sp³-hybridized carbons (Fsp3) is 0.750. The molecule has 0 saturated carbocycles. The van der Waals surface area contributed by atoms with E-state index in [2.05, 4.69) is 6.58 Å². The van der Waals surface area contributed by atoms with Gasteiger partial charge in [0.05, 0.1) is 18.8 Å². The Morgan fingerprint density at radius 3 is 2.29 bits per heavy atom. The Labute approximate surface area is 167 Å². The van der Waals surface area contributed by atoms with E-state index >= 15 is 0 Å². The van der Waals surface area contributed by atoms with Crippen LogP contribution in [0.15, 0.2) is 12.7 Å². The van der Waals surface area contributed by atoms with Crippen LogP contribution in [-0.2, 0) is 19.1 Å². The second kappa shape index (κ2) is 8.51. The van der Waals surface area contributed by atoms with Crippen LogP contribution in [0.1, 0.15) is 40.5 Å². The van der Waals surface area contributed by atoms with E-state index in [4.69, 9.17) is 9.47 Å². The fourth-order valence-corrected chi connectivity index (χ4v) is 4.49. The molecule has 0 radical (unpaired) electrons. The first kappa shape index (κ1) is 22.2. The molecule has 3 amide bonds. The maximum Gasteiger partial charge on any atom is 0.328 e. The zero-order valence-electron chi connectivity index (χ0n) is 17.8. The van der Waals surface area contributed by atoms with Crippen LogP contribution in [0.4, 0.5) is 4.79 Å². The summed E-state index contributed by atoms with van der Waals surface area (Å²) in [6.07, 6.45) is 2.24. The summed E-state index contributed by atoms with van der Waals surface area (Å²) in [7, 11) is 2.96. The number of urea groups is 1. The highest BCUT2D eigenvalue weighted by atomic mass is 16.5. The van der Waals surface area contributed by atoms with E-state index in [1.54, 1.807) is 16.8 Å². The molecule has 2 aliphatic rings. The zero-order chi connectivity index (χ0) is 21.2. The SMILES string of the molecule is C=CC(=O)N1[C@H](C)OC2(CCN(C(=O)N(C)[C@H](C(=O)OC)C(C)C)CC2)[C@H]1C. The van der Waals surface area contributed by atoms with E-state index in [1.165, 1.54) is 18.1 Å². The molecule has 0 N–H and O–H groups in total. The van der Waals surface area contributed by atoms with Gasteiger partial charge in [0.1, 0.15) is 12.3 Å². The minimum absolute atomic E-state index is 0.0601. The largest absolute Gasteiger partial charge is 0.467 e. The normalized spacial score (nSPS) is 25.0. The van der Waals surface area contributed by atoms with Crippen molar-refractivity contribution < 1.29 is 23.9 Å². The number of esters is 1. The number of carbonyl (C=O) groups is 3. The highest BCUT2D eigenvalue weighted by Crippen LogP contribution is 2.40. The fourth-order valence-electron chi connectivity index (χ4n) is 4.49. The third kappa shape index (κ3) is 3.87. The summed E-state index contributed by atoms with van der Waals surface area (Å²) in [6, 6.07) is -0.922. The van der Waals surface area contributed by atoms with Gasteiger partial charge >= 0.3 is 12.0 Å². The standard InChI is InChI=1S/C20H33N3O5/c1-8-16(24)23-14(4)20(28-15(23)5)9-11-22(12-10-20)19(26)21(6)17(13(2)3)18(25)27-7/h8,13-15,17H,1,9-12H2,2-7H3/t14-,15+,17+/m1/s1. The number of amides is 3. The number of likely N-dealkylation sites (tertiary alicyclic amines) is 1. The number of piperidine rings is 1. The summed E-state index contributed by atoms with van der Waals surface area (Å²) in [6.45, 7) is 12.2. The molecule has 2 fully saturated rings. The van der Waals surface area contributed by atoms with Gasteiger partial charge in [-0.2, -0.15) is 0 Å². The third-order valence-corrected chi connectivity index (χ3v) is 6.08. The van der Waals surface area contributed by atoms with E-state index < -0.39 is 17.6 Å². The molecule has 2 saturated heterocycles. The van der Waals surface area contributed by atoms with Crippen molar-refractivity contribution in [3.63, 3.8) is 0 Å². The van der Waals surface area contributed by atoms with Crippen LogP contribution in [0.25, 0.3) is 0 Å². The number of hydrogen-bond donors (Lipinski definition) is 0. The van der Waals surface area contributed by atoms with Gasteiger partial charge in [0, 0.05) is 20.1 Å². The molecular weight excluding hydrogens is 362 g/mol. The van der Waals surface area contributed by atoms with Gasteiger partial charge in [-0.25, -0.2) is 9.59 Å². The van der Waals surface area contributed by atoms with Gasteiger partial charge in [-0.15, -0.1) is 0 Å². The highest BCUT2D eigenvalue weighted by molar-refractivity contribution is 5.87. The summed E-state index contributed by atoms with van der Waals surface area (Å²) in [5.41, 5.74) is -0.465. The molecule has 2 heterocycles. The molecule has 0 aromatic carbocycles. The molecule has 0 unspecified atom stereocenters. The predicted molar refractivity (Wildman–Crippen MR) is 104 cm³/mol. The average Bonchev–Trinajstić information content (AvgIpc) is 2.90. The molecule has 0 aromatic heterocycles. The molecule has 0 bridgehead atoms. The summed E-state index contributed by atoms with van der Waals surface area (Å²) >= 11 is 0. The second-order valence-corrected chi connectivity index (χ2v) is 8.00. The molecule has 8 nitrogen and oxygen atoms in total. The second-order valence-electron chi connectivity index (χ2n) is 8.00. The Bertz CT molecular complexity index is 627. The van der Waals surface area contributed by atoms with E-state index in [0.717, 1.165) is 0 Å². The number of likely N-dealkylation sites (N-methyl/N-ethyl adjacent to an activating group) is 1. The molecule has 0 aliphatic carbocycles. The van der Waals surface area contributed by atoms with Crippen LogP contribution in [0, 0.1) is 5.92 Å². The topological polar surface area (TPSA) is 79.4 Å². The number of rotatable bonds is 4. The first-order valence-corrected chi connectivity index (χ1v) is 9.81. The van der Waals surface area contributed by atoms with E-state index in [1.807, 2.05) is 27.7 Å². The third-order valence-electron chi connectivity index (χ3n) is 6.08. The monoisotopic (exact) mass is 395 g/mol. The first-order chi connectivity index (χ1) is 13.1. The van der Waals surface area contributed by atoms with Crippen molar-refractivity contribution in [2.24, 2.45) is 5.92 Å². The molecule has 1 spiro atoms. The maximum absolute atomic E-state index is 13.0. The molecule has 2 aliphatic heterocycles. The lowest BCUT2D eigenvalue weighted by molar-refractivity contribution is -0.147. The van der Waals surface area contributed by atoms with Crippen molar-refractivity contribution in [1.29, 1.82) is 0 Å². The van der Waals surface area contributed by atoms with Crippen molar-refractivity contribution in [2.45, 2.75) is 64.4 Å². The van der Waals surface area contributed by atoms with E-state index in [-0.39, 0.29) is 30.1 Å². The molecule has 2 rings (SSSR count). The minimum atomic E-state index is -0.629. The molecule has 0 aromatic rings. The van der Waals surface area contributed by atoms with Gasteiger partial charge < -0.3 is 24.2 Å². The highest BCUT2D eigenvalue weighted by Gasteiger charge is 2.52. The van der Waals surface area contributed by atoms with Crippen molar-refractivity contribution in [3.8, 4) is 0 Å². The summed E-state index contributed by atoms with van der Waals surface area (Å²) < 4.78 is 11.1. The lowest BCUT2D eigenvalue weighted by Gasteiger charge is -2.43. The van der Waals surface area contributed by atoms with Gasteiger partial charge in [-0.05, 0) is 38.7 Å². The van der Waals surface area contributed by atoms with Gasteiger partial charge in [0.2, 0.25) is 5.91 Å². The Kier molecular flexibility index (Phi) is 6.75. The molecule has 158 valence electrons. The van der Waals surface area contributed by atoms with Gasteiger partial charge in [0.25, 0.3) is 0 Å². The van der Waals surface area contributed by atoms with Crippen LogP contribution >= 0.6 is 0 Å². The predicted octanol–water partition coefficient (Wildman–Crippen LogP) is 1.85. The minimum Gasteiger partial charge on any atom is -0.467 e. The lowest BCUT2D eigenvalue weighted by Crippen LogP contribution is -2.57. The Balaban J connectivity index is 2.07. The molecule has 3 atom stereocenters. The van der Waals surface area contributed by atoms with Crippen molar-refractivity contribution in [3.05, 3.63) is 12.7 Å². The molecular formula is C20H33N3O5. The summed E-state index contributed by atoms with van der Waals surface area (Å²) in [5, 5.41) is 0. The Hall–Kier alpha value is -2.09. The van der Waals surface area contributed by atoms with Crippen LogP contribution < -0.4 is 0 Å².